The minimum absolute atomic E-state index is 0.308. The number of halogens is 3. The summed E-state index contributed by atoms with van der Waals surface area (Å²) in [6, 6.07) is 0. The molecule has 7 heteroatoms. The Bertz CT molecular complexity index is 356. The third-order valence-electron chi connectivity index (χ3n) is 4.52. The molecule has 0 spiro atoms. The minimum atomic E-state index is -4.34. The van der Waals surface area contributed by atoms with Gasteiger partial charge in [-0.1, -0.05) is 6.42 Å². The molecule has 1 N–H and O–H groups in total. The fourth-order valence-electron chi connectivity index (χ4n) is 3.27. The van der Waals surface area contributed by atoms with Gasteiger partial charge < -0.3 is 15.1 Å². The average molecular weight is 321 g/mol. The molecule has 2 aliphatic rings. The monoisotopic (exact) mass is 321 g/mol. The first-order chi connectivity index (χ1) is 10.4. The maximum absolute atomic E-state index is 12.2. The van der Waals surface area contributed by atoms with Gasteiger partial charge in [0.25, 0.3) is 0 Å². The molecule has 2 fully saturated rings. The van der Waals surface area contributed by atoms with E-state index < -0.39 is 18.6 Å². The fraction of sp³-hybridized carbons (Fsp3) is 0.933. The first-order valence-electron chi connectivity index (χ1n) is 8.23. The normalized spacial score (nSPS) is 25.1. The summed E-state index contributed by atoms with van der Waals surface area (Å²) in [6.45, 7) is 4.48. The van der Waals surface area contributed by atoms with Gasteiger partial charge in [0.05, 0.1) is 5.92 Å². The van der Waals surface area contributed by atoms with Crippen LogP contribution in [-0.2, 0) is 4.79 Å². The van der Waals surface area contributed by atoms with Crippen molar-refractivity contribution in [3.63, 3.8) is 0 Å². The van der Waals surface area contributed by atoms with Gasteiger partial charge in [-0.25, -0.2) is 0 Å². The van der Waals surface area contributed by atoms with E-state index in [1.54, 1.807) is 0 Å². The van der Waals surface area contributed by atoms with Gasteiger partial charge in [0.1, 0.15) is 6.54 Å². The van der Waals surface area contributed by atoms with Crippen molar-refractivity contribution in [2.75, 3.05) is 45.8 Å². The Kier molecular flexibility index (Phi) is 6.50. The summed E-state index contributed by atoms with van der Waals surface area (Å²) in [5.74, 6) is -0.766. The van der Waals surface area contributed by atoms with Crippen LogP contribution in [0.1, 0.15) is 32.1 Å². The number of alkyl halides is 3. The van der Waals surface area contributed by atoms with Crippen molar-refractivity contribution in [1.29, 1.82) is 0 Å². The van der Waals surface area contributed by atoms with Gasteiger partial charge in [-0.3, -0.25) is 4.79 Å². The zero-order chi connectivity index (χ0) is 16.0. The summed E-state index contributed by atoms with van der Waals surface area (Å²) in [5.41, 5.74) is 0. The molecule has 0 aromatic rings. The highest BCUT2D eigenvalue weighted by atomic mass is 19.4. The zero-order valence-electron chi connectivity index (χ0n) is 13.0. The van der Waals surface area contributed by atoms with Crippen molar-refractivity contribution in [1.82, 2.24) is 15.1 Å². The number of nitrogens with zero attached hydrogens (tertiary/aromatic N) is 2. The molecule has 4 nitrogen and oxygen atoms in total. The quantitative estimate of drug-likeness (QED) is 0.840. The Hall–Kier alpha value is -0.820. The predicted octanol–water partition coefficient (Wildman–Crippen LogP) is 1.86. The average Bonchev–Trinajstić information content (AvgIpc) is 2.51. The van der Waals surface area contributed by atoms with Gasteiger partial charge in [-0.2, -0.15) is 13.2 Å². The Morgan fingerprint density at radius 2 is 1.64 bits per heavy atom. The lowest BCUT2D eigenvalue weighted by Gasteiger charge is -2.34. The Balaban J connectivity index is 1.70. The topological polar surface area (TPSA) is 35.6 Å². The molecule has 1 atom stereocenters. The van der Waals surface area contributed by atoms with Gasteiger partial charge in [-0.05, 0) is 45.3 Å². The molecular weight excluding hydrogens is 295 g/mol. The van der Waals surface area contributed by atoms with E-state index in [0.717, 1.165) is 39.1 Å². The molecule has 2 heterocycles. The second-order valence-corrected chi connectivity index (χ2v) is 6.38. The summed E-state index contributed by atoms with van der Waals surface area (Å²) in [6.07, 6.45) is 1.04. The van der Waals surface area contributed by atoms with Gasteiger partial charge in [0, 0.05) is 19.6 Å². The smallest absolute Gasteiger partial charge is 0.347 e. The lowest BCUT2D eigenvalue weighted by Crippen LogP contribution is -2.47. The van der Waals surface area contributed by atoms with E-state index in [9.17, 15) is 18.0 Å². The third kappa shape index (κ3) is 6.12. The highest BCUT2D eigenvalue weighted by Crippen LogP contribution is 2.18. The summed E-state index contributed by atoms with van der Waals surface area (Å²) < 4.78 is 36.5. The van der Waals surface area contributed by atoms with Crippen molar-refractivity contribution in [3.8, 4) is 0 Å². The number of rotatable bonds is 5. The van der Waals surface area contributed by atoms with Crippen LogP contribution in [-0.4, -0.2) is 67.7 Å². The van der Waals surface area contributed by atoms with E-state index in [2.05, 4.69) is 9.80 Å². The van der Waals surface area contributed by atoms with Crippen molar-refractivity contribution in [3.05, 3.63) is 0 Å². The highest BCUT2D eigenvalue weighted by Gasteiger charge is 2.31. The number of carbonyl (C=O) groups is 1. The number of piperidine rings is 2. The van der Waals surface area contributed by atoms with Crippen LogP contribution >= 0.6 is 0 Å². The van der Waals surface area contributed by atoms with E-state index in [1.807, 2.05) is 5.32 Å². The molecule has 0 aromatic carbocycles. The summed E-state index contributed by atoms with van der Waals surface area (Å²) in [4.78, 5) is 16.5. The van der Waals surface area contributed by atoms with Crippen LogP contribution in [0.2, 0.25) is 0 Å². The largest absolute Gasteiger partial charge is 0.405 e. The lowest BCUT2D eigenvalue weighted by atomic mass is 9.97. The molecule has 128 valence electrons. The van der Waals surface area contributed by atoms with Crippen LogP contribution < -0.4 is 5.32 Å². The van der Waals surface area contributed by atoms with E-state index >= 15 is 0 Å². The third-order valence-corrected chi connectivity index (χ3v) is 4.52. The molecule has 0 saturated carbocycles. The van der Waals surface area contributed by atoms with E-state index in [4.69, 9.17) is 0 Å². The number of amides is 1. The zero-order valence-corrected chi connectivity index (χ0v) is 13.0. The maximum atomic E-state index is 12.2. The molecule has 22 heavy (non-hydrogen) atoms. The Morgan fingerprint density at radius 3 is 2.32 bits per heavy atom. The molecular formula is C15H26F3N3O. The second kappa shape index (κ2) is 8.15. The van der Waals surface area contributed by atoms with Crippen LogP contribution in [0.4, 0.5) is 13.2 Å². The van der Waals surface area contributed by atoms with Crippen LogP contribution in [0.5, 0.6) is 0 Å². The molecule has 0 bridgehead atoms. The van der Waals surface area contributed by atoms with Crippen LogP contribution in [0.3, 0.4) is 0 Å². The highest BCUT2D eigenvalue weighted by molar-refractivity contribution is 5.79. The first-order valence-corrected chi connectivity index (χ1v) is 8.23. The Morgan fingerprint density at radius 1 is 1.00 bits per heavy atom. The van der Waals surface area contributed by atoms with Crippen molar-refractivity contribution in [2.24, 2.45) is 5.92 Å². The molecule has 2 aliphatic heterocycles. The summed E-state index contributed by atoms with van der Waals surface area (Å²) in [7, 11) is 0. The molecule has 0 unspecified atom stereocenters. The Labute approximate surface area is 130 Å². The second-order valence-electron chi connectivity index (χ2n) is 6.38. The number of hydrogen-bond donors (Lipinski definition) is 1. The SMILES string of the molecule is O=C(NCC(F)(F)F)[C@@H]1CCCN(CCN2CCCCC2)C1. The maximum Gasteiger partial charge on any atom is 0.405 e. The van der Waals surface area contributed by atoms with Crippen molar-refractivity contribution in [2.45, 2.75) is 38.3 Å². The number of likely N-dealkylation sites (tertiary alicyclic amines) is 2. The number of carbonyl (C=O) groups excluding carboxylic acids is 1. The lowest BCUT2D eigenvalue weighted by molar-refractivity contribution is -0.141. The molecule has 0 radical (unpaired) electrons. The van der Waals surface area contributed by atoms with Gasteiger partial charge >= 0.3 is 6.18 Å². The van der Waals surface area contributed by atoms with Crippen molar-refractivity contribution >= 4 is 5.91 Å². The van der Waals surface area contributed by atoms with E-state index in [-0.39, 0.29) is 5.92 Å². The molecule has 2 saturated heterocycles. The standard InChI is InChI=1S/C15H26F3N3O/c16-15(17,18)12-19-14(22)13-5-4-8-21(11-13)10-9-20-6-2-1-3-7-20/h13H,1-12H2,(H,19,22)/t13-/m1/s1. The van der Waals surface area contributed by atoms with Gasteiger partial charge in [0.15, 0.2) is 0 Å². The minimum Gasteiger partial charge on any atom is -0.347 e. The van der Waals surface area contributed by atoms with E-state index in [1.165, 1.54) is 19.3 Å². The molecule has 2 rings (SSSR count). The van der Waals surface area contributed by atoms with Crippen LogP contribution in [0, 0.1) is 5.92 Å². The van der Waals surface area contributed by atoms with Crippen LogP contribution in [0.15, 0.2) is 0 Å². The predicted molar refractivity (Wildman–Crippen MR) is 78.5 cm³/mol. The molecule has 1 amide bonds. The van der Waals surface area contributed by atoms with Crippen molar-refractivity contribution < 1.29 is 18.0 Å². The molecule has 0 aliphatic carbocycles. The number of hydrogen-bond acceptors (Lipinski definition) is 3. The van der Waals surface area contributed by atoms with E-state index in [0.29, 0.717) is 13.0 Å². The summed E-state index contributed by atoms with van der Waals surface area (Å²) >= 11 is 0. The van der Waals surface area contributed by atoms with Gasteiger partial charge in [-0.15, -0.1) is 0 Å². The fourth-order valence-corrected chi connectivity index (χ4v) is 3.27. The van der Waals surface area contributed by atoms with Crippen LogP contribution in [0.25, 0.3) is 0 Å². The summed E-state index contributed by atoms with van der Waals surface area (Å²) in [5, 5.41) is 2.02. The van der Waals surface area contributed by atoms with Gasteiger partial charge in [0.2, 0.25) is 5.91 Å². The first kappa shape index (κ1) is 17.5. The number of nitrogens with one attached hydrogen (secondary N) is 1. The molecule has 0 aromatic heterocycles.